The van der Waals surface area contributed by atoms with Gasteiger partial charge in [-0.3, -0.25) is 0 Å². The van der Waals surface area contributed by atoms with Crippen LogP contribution in [0.1, 0.15) is 0 Å². The Morgan fingerprint density at radius 3 is 1.76 bits per heavy atom. The highest BCUT2D eigenvalue weighted by molar-refractivity contribution is 6.26. The average Bonchev–Trinajstić information content (AvgIpc) is 3.47. The van der Waals surface area contributed by atoms with Gasteiger partial charge < -0.3 is 9.32 Å². The number of nitrogens with zero attached hydrogens (tertiary/aromatic N) is 1. The Balaban J connectivity index is 1.42. The maximum absolute atomic E-state index is 6.76. The van der Waals surface area contributed by atoms with Gasteiger partial charge in [-0.2, -0.15) is 0 Å². The third kappa shape index (κ3) is 4.05. The van der Waals surface area contributed by atoms with Gasteiger partial charge >= 0.3 is 0 Å². The first-order valence-electron chi connectivity index (χ1n) is 14.3. The topological polar surface area (TPSA) is 16.4 Å². The fourth-order valence-electron chi connectivity index (χ4n) is 6.10. The van der Waals surface area contributed by atoms with Gasteiger partial charge in [-0.15, -0.1) is 0 Å². The molecule has 8 aromatic rings. The van der Waals surface area contributed by atoms with Crippen molar-refractivity contribution in [2.24, 2.45) is 0 Å². The summed E-state index contributed by atoms with van der Waals surface area (Å²) in [5.74, 6) is 0. The number of furan rings is 1. The standard InChI is InChI=1S/C40H27NO/c1-4-13-28(14-5-1)29-23-25-33(26-24-29)41(32-18-8-3-9-19-32)36-21-12-22-37-39(36)38-34-20-11-10-17-31(34)27-35(40(38)42-37)30-15-6-2-7-16-30/h1-27H. The molecule has 0 atom stereocenters. The van der Waals surface area contributed by atoms with Gasteiger partial charge in [-0.05, 0) is 69.9 Å². The molecule has 0 aliphatic carbocycles. The van der Waals surface area contributed by atoms with Gasteiger partial charge in [0.15, 0.2) is 0 Å². The molecule has 0 spiro atoms. The molecule has 2 heteroatoms. The van der Waals surface area contributed by atoms with Gasteiger partial charge in [0.1, 0.15) is 11.2 Å². The van der Waals surface area contributed by atoms with Crippen molar-refractivity contribution in [2.45, 2.75) is 0 Å². The van der Waals surface area contributed by atoms with E-state index >= 15 is 0 Å². The van der Waals surface area contributed by atoms with Crippen LogP contribution in [0.25, 0.3) is 55.0 Å². The van der Waals surface area contributed by atoms with Crippen LogP contribution in [0.5, 0.6) is 0 Å². The van der Waals surface area contributed by atoms with Gasteiger partial charge in [0.25, 0.3) is 0 Å². The zero-order valence-corrected chi connectivity index (χ0v) is 22.9. The number of fused-ring (bicyclic) bond motifs is 5. The van der Waals surface area contributed by atoms with Crippen molar-refractivity contribution < 1.29 is 4.42 Å². The summed E-state index contributed by atoms with van der Waals surface area (Å²) < 4.78 is 6.76. The Bertz CT molecular complexity index is 2160. The highest BCUT2D eigenvalue weighted by atomic mass is 16.3. The lowest BCUT2D eigenvalue weighted by atomic mass is 9.95. The second-order valence-electron chi connectivity index (χ2n) is 10.6. The highest BCUT2D eigenvalue weighted by Gasteiger charge is 2.22. The number of benzene rings is 7. The number of hydrogen-bond donors (Lipinski definition) is 0. The molecule has 198 valence electrons. The van der Waals surface area contributed by atoms with Gasteiger partial charge in [0.05, 0.1) is 11.1 Å². The summed E-state index contributed by atoms with van der Waals surface area (Å²) in [6.07, 6.45) is 0. The Morgan fingerprint density at radius 1 is 0.429 bits per heavy atom. The Hall–Kier alpha value is -5.60. The maximum Gasteiger partial charge on any atom is 0.143 e. The molecular weight excluding hydrogens is 510 g/mol. The van der Waals surface area contributed by atoms with E-state index in [0.717, 1.165) is 50.1 Å². The number of rotatable bonds is 5. The molecule has 8 rings (SSSR count). The third-order valence-electron chi connectivity index (χ3n) is 8.04. The van der Waals surface area contributed by atoms with Crippen LogP contribution in [0.2, 0.25) is 0 Å². The van der Waals surface area contributed by atoms with Crippen LogP contribution in [0.3, 0.4) is 0 Å². The predicted octanol–water partition coefficient (Wildman–Crippen LogP) is 11.5. The van der Waals surface area contributed by atoms with E-state index in [4.69, 9.17) is 4.42 Å². The second-order valence-corrected chi connectivity index (χ2v) is 10.6. The molecule has 0 fully saturated rings. The molecule has 0 aliphatic heterocycles. The van der Waals surface area contributed by atoms with Crippen LogP contribution in [-0.2, 0) is 0 Å². The summed E-state index contributed by atoms with van der Waals surface area (Å²) in [6, 6.07) is 57.7. The van der Waals surface area contributed by atoms with Crippen molar-refractivity contribution in [2.75, 3.05) is 4.90 Å². The first-order valence-corrected chi connectivity index (χ1v) is 14.3. The van der Waals surface area contributed by atoms with Crippen molar-refractivity contribution in [1.82, 2.24) is 0 Å². The quantitative estimate of drug-likeness (QED) is 0.217. The molecule has 2 nitrogen and oxygen atoms in total. The van der Waals surface area contributed by atoms with Gasteiger partial charge in [0, 0.05) is 22.3 Å². The first-order chi connectivity index (χ1) is 20.8. The molecule has 1 aromatic heterocycles. The lowest BCUT2D eigenvalue weighted by Crippen LogP contribution is -2.10. The fraction of sp³-hybridized carbons (Fsp3) is 0. The van der Waals surface area contributed by atoms with Crippen molar-refractivity contribution in [3.8, 4) is 22.3 Å². The van der Waals surface area contributed by atoms with Crippen molar-refractivity contribution in [3.05, 3.63) is 164 Å². The maximum atomic E-state index is 6.76. The minimum Gasteiger partial charge on any atom is -0.455 e. The van der Waals surface area contributed by atoms with Gasteiger partial charge in [0.2, 0.25) is 0 Å². The molecule has 7 aromatic carbocycles. The van der Waals surface area contributed by atoms with E-state index in [2.05, 4.69) is 169 Å². The minimum atomic E-state index is 0.873. The monoisotopic (exact) mass is 537 g/mol. The first kappa shape index (κ1) is 24.2. The molecule has 1 heterocycles. The van der Waals surface area contributed by atoms with Crippen LogP contribution in [0, 0.1) is 0 Å². The molecule has 0 aliphatic rings. The van der Waals surface area contributed by atoms with E-state index in [1.807, 2.05) is 0 Å². The van der Waals surface area contributed by atoms with Gasteiger partial charge in [-0.1, -0.05) is 121 Å². The molecular formula is C40H27NO. The summed E-state index contributed by atoms with van der Waals surface area (Å²) >= 11 is 0. The van der Waals surface area contributed by atoms with Crippen LogP contribution >= 0.6 is 0 Å². The summed E-state index contributed by atoms with van der Waals surface area (Å²) in [4.78, 5) is 2.34. The molecule has 0 bridgehead atoms. The lowest BCUT2D eigenvalue weighted by molar-refractivity contribution is 0.670. The third-order valence-corrected chi connectivity index (χ3v) is 8.04. The van der Waals surface area contributed by atoms with Crippen molar-refractivity contribution in [1.29, 1.82) is 0 Å². The largest absolute Gasteiger partial charge is 0.455 e. The summed E-state index contributed by atoms with van der Waals surface area (Å²) in [5.41, 5.74) is 9.70. The predicted molar refractivity (Wildman–Crippen MR) is 177 cm³/mol. The SMILES string of the molecule is c1ccc(-c2ccc(N(c3ccccc3)c3cccc4oc5c(-c6ccccc6)cc6ccccc6c5c34)cc2)cc1. The normalized spacial score (nSPS) is 11.3. The second kappa shape index (κ2) is 10.1. The Labute approximate surface area is 244 Å². The smallest absolute Gasteiger partial charge is 0.143 e. The lowest BCUT2D eigenvalue weighted by Gasteiger charge is -2.26. The molecule has 0 N–H and O–H groups in total. The van der Waals surface area contributed by atoms with Crippen molar-refractivity contribution in [3.63, 3.8) is 0 Å². The number of para-hydroxylation sites is 1. The highest BCUT2D eigenvalue weighted by Crippen LogP contribution is 2.47. The summed E-state index contributed by atoms with van der Waals surface area (Å²) in [6.45, 7) is 0. The fourth-order valence-corrected chi connectivity index (χ4v) is 6.10. The van der Waals surface area contributed by atoms with Crippen molar-refractivity contribution >= 4 is 49.8 Å². The van der Waals surface area contributed by atoms with E-state index in [9.17, 15) is 0 Å². The number of hydrogen-bond acceptors (Lipinski definition) is 2. The molecule has 0 amide bonds. The molecule has 0 radical (unpaired) electrons. The molecule has 42 heavy (non-hydrogen) atoms. The van der Waals surface area contributed by atoms with E-state index in [-0.39, 0.29) is 0 Å². The van der Waals surface area contributed by atoms with Crippen LogP contribution < -0.4 is 4.90 Å². The Kier molecular flexibility index (Phi) is 5.82. The van der Waals surface area contributed by atoms with Crippen LogP contribution in [0.4, 0.5) is 17.1 Å². The summed E-state index contributed by atoms with van der Waals surface area (Å²) in [5, 5.41) is 4.63. The summed E-state index contributed by atoms with van der Waals surface area (Å²) in [7, 11) is 0. The van der Waals surface area contributed by atoms with E-state index < -0.39 is 0 Å². The molecule has 0 saturated heterocycles. The molecule has 0 saturated carbocycles. The molecule has 0 unspecified atom stereocenters. The zero-order valence-electron chi connectivity index (χ0n) is 22.9. The van der Waals surface area contributed by atoms with E-state index in [1.165, 1.54) is 21.9 Å². The zero-order chi connectivity index (χ0) is 27.9. The average molecular weight is 538 g/mol. The van der Waals surface area contributed by atoms with Gasteiger partial charge in [-0.25, -0.2) is 0 Å². The number of anilines is 3. The van der Waals surface area contributed by atoms with E-state index in [0.29, 0.717) is 0 Å². The Morgan fingerprint density at radius 2 is 1.02 bits per heavy atom. The van der Waals surface area contributed by atoms with Crippen LogP contribution in [-0.4, -0.2) is 0 Å². The van der Waals surface area contributed by atoms with Crippen LogP contribution in [0.15, 0.2) is 168 Å². The minimum absolute atomic E-state index is 0.873. The van der Waals surface area contributed by atoms with E-state index in [1.54, 1.807) is 0 Å².